The lowest BCUT2D eigenvalue weighted by Crippen LogP contribution is -2.32. The molecule has 3 heterocycles. The van der Waals surface area contributed by atoms with Gasteiger partial charge in [-0.1, -0.05) is 6.07 Å². The topological polar surface area (TPSA) is 92.9 Å². The van der Waals surface area contributed by atoms with Gasteiger partial charge in [0.05, 0.1) is 6.10 Å². The first-order valence-electron chi connectivity index (χ1n) is 9.81. The van der Waals surface area contributed by atoms with E-state index in [1.807, 2.05) is 12.1 Å². The van der Waals surface area contributed by atoms with Crippen LogP contribution in [0.5, 0.6) is 11.5 Å². The van der Waals surface area contributed by atoms with Crippen LogP contribution in [0.4, 0.5) is 0 Å². The molecule has 1 amide bonds. The van der Waals surface area contributed by atoms with Crippen molar-refractivity contribution in [3.8, 4) is 11.5 Å². The van der Waals surface area contributed by atoms with Crippen LogP contribution < -0.4 is 20.3 Å². The summed E-state index contributed by atoms with van der Waals surface area (Å²) in [5.41, 5.74) is 1.37. The second kappa shape index (κ2) is 8.67. The lowest BCUT2D eigenvalue weighted by molar-refractivity contribution is 0.0666. The summed E-state index contributed by atoms with van der Waals surface area (Å²) in [4.78, 5) is 30.0. The maximum absolute atomic E-state index is 12.4. The van der Waals surface area contributed by atoms with Crippen LogP contribution >= 0.6 is 0 Å². The van der Waals surface area contributed by atoms with Gasteiger partial charge in [0, 0.05) is 38.5 Å². The highest BCUT2D eigenvalue weighted by Crippen LogP contribution is 2.32. The lowest BCUT2D eigenvalue weighted by Gasteiger charge is -2.21. The molecule has 0 saturated carbocycles. The molecule has 0 spiro atoms. The Hall–Kier alpha value is -2.84. The first-order chi connectivity index (χ1) is 14.1. The van der Waals surface area contributed by atoms with Gasteiger partial charge in [-0.2, -0.15) is 0 Å². The Kier molecular flexibility index (Phi) is 5.82. The SMILES string of the molecule is C[C@H]1CN(Cc2ccc(C(=O)NCc3ccc4c(c3)OCO4)c(=O)[nH]2)CCCO1. The Balaban J connectivity index is 1.37. The molecular weight excluding hydrogens is 374 g/mol. The molecule has 8 heteroatoms. The predicted octanol–water partition coefficient (Wildman–Crippen LogP) is 1.64. The average Bonchev–Trinajstić information content (AvgIpc) is 3.07. The molecule has 1 fully saturated rings. The molecule has 1 saturated heterocycles. The van der Waals surface area contributed by atoms with Crippen molar-refractivity contribution in [2.45, 2.75) is 32.5 Å². The fourth-order valence-electron chi connectivity index (χ4n) is 3.58. The molecule has 0 bridgehead atoms. The van der Waals surface area contributed by atoms with Crippen LogP contribution in [0.2, 0.25) is 0 Å². The van der Waals surface area contributed by atoms with Crippen molar-refractivity contribution >= 4 is 5.91 Å². The molecule has 4 rings (SSSR count). The van der Waals surface area contributed by atoms with Gasteiger partial charge in [0.1, 0.15) is 5.56 Å². The Morgan fingerprint density at radius 1 is 1.24 bits per heavy atom. The molecule has 2 aromatic rings. The molecule has 2 aliphatic rings. The van der Waals surface area contributed by atoms with E-state index >= 15 is 0 Å². The average molecular weight is 399 g/mol. The van der Waals surface area contributed by atoms with Gasteiger partial charge in [0.15, 0.2) is 11.5 Å². The van der Waals surface area contributed by atoms with E-state index in [1.165, 1.54) is 0 Å². The maximum Gasteiger partial charge on any atom is 0.261 e. The van der Waals surface area contributed by atoms with E-state index in [0.717, 1.165) is 37.4 Å². The number of hydrogen-bond donors (Lipinski definition) is 2. The van der Waals surface area contributed by atoms with Gasteiger partial charge in [-0.3, -0.25) is 14.5 Å². The third-order valence-electron chi connectivity index (χ3n) is 5.03. The third-order valence-corrected chi connectivity index (χ3v) is 5.03. The van der Waals surface area contributed by atoms with E-state index < -0.39 is 5.91 Å². The largest absolute Gasteiger partial charge is 0.454 e. The van der Waals surface area contributed by atoms with Gasteiger partial charge in [0.2, 0.25) is 6.79 Å². The predicted molar refractivity (Wildman–Crippen MR) is 106 cm³/mol. The zero-order chi connectivity index (χ0) is 20.2. The number of aromatic nitrogens is 1. The number of nitrogens with one attached hydrogen (secondary N) is 2. The van der Waals surface area contributed by atoms with Gasteiger partial charge >= 0.3 is 0 Å². The molecule has 0 unspecified atom stereocenters. The van der Waals surface area contributed by atoms with Gasteiger partial charge in [-0.05, 0) is 43.2 Å². The highest BCUT2D eigenvalue weighted by atomic mass is 16.7. The van der Waals surface area contributed by atoms with Crippen LogP contribution in [0, 0.1) is 0 Å². The van der Waals surface area contributed by atoms with Crippen LogP contribution in [0.1, 0.15) is 35.0 Å². The van der Waals surface area contributed by atoms with Crippen molar-refractivity contribution in [2.24, 2.45) is 0 Å². The molecule has 2 aliphatic heterocycles. The highest BCUT2D eigenvalue weighted by Gasteiger charge is 2.17. The number of H-pyrrole nitrogens is 1. The Morgan fingerprint density at radius 2 is 2.10 bits per heavy atom. The zero-order valence-electron chi connectivity index (χ0n) is 16.4. The first kappa shape index (κ1) is 19.5. The van der Waals surface area contributed by atoms with Crippen LogP contribution in [0.15, 0.2) is 35.1 Å². The number of hydrogen-bond acceptors (Lipinski definition) is 6. The normalized spacial score (nSPS) is 19.0. The Morgan fingerprint density at radius 3 is 2.97 bits per heavy atom. The summed E-state index contributed by atoms with van der Waals surface area (Å²) in [7, 11) is 0. The summed E-state index contributed by atoms with van der Waals surface area (Å²) in [5.74, 6) is 0.942. The summed E-state index contributed by atoms with van der Waals surface area (Å²) >= 11 is 0. The summed E-state index contributed by atoms with van der Waals surface area (Å²) in [5, 5.41) is 2.78. The minimum atomic E-state index is -0.410. The van der Waals surface area contributed by atoms with Gasteiger partial charge in [-0.25, -0.2) is 0 Å². The Labute approximate surface area is 168 Å². The number of carbonyl (C=O) groups excluding carboxylic acids is 1. The van der Waals surface area contributed by atoms with E-state index in [1.54, 1.807) is 18.2 Å². The summed E-state index contributed by atoms with van der Waals surface area (Å²) in [6, 6.07) is 8.86. The summed E-state index contributed by atoms with van der Waals surface area (Å²) in [6.07, 6.45) is 1.14. The van der Waals surface area contributed by atoms with Crippen LogP contribution in [-0.4, -0.2) is 48.4 Å². The van der Waals surface area contributed by atoms with Gasteiger partial charge in [0.25, 0.3) is 11.5 Å². The lowest BCUT2D eigenvalue weighted by atomic mass is 10.2. The fraction of sp³-hybridized carbons (Fsp3) is 0.429. The second-order valence-corrected chi connectivity index (χ2v) is 7.37. The minimum Gasteiger partial charge on any atom is -0.454 e. The van der Waals surface area contributed by atoms with Gasteiger partial charge < -0.3 is 24.5 Å². The van der Waals surface area contributed by atoms with E-state index in [2.05, 4.69) is 22.1 Å². The van der Waals surface area contributed by atoms with Crippen molar-refractivity contribution in [1.82, 2.24) is 15.2 Å². The number of rotatable bonds is 5. The van der Waals surface area contributed by atoms with E-state index in [-0.39, 0.29) is 24.0 Å². The molecule has 8 nitrogen and oxygen atoms in total. The molecule has 0 aliphatic carbocycles. The fourth-order valence-corrected chi connectivity index (χ4v) is 3.58. The van der Waals surface area contributed by atoms with Crippen molar-refractivity contribution in [3.63, 3.8) is 0 Å². The van der Waals surface area contributed by atoms with Crippen molar-refractivity contribution in [3.05, 3.63) is 57.5 Å². The van der Waals surface area contributed by atoms with Crippen LogP contribution in [-0.2, 0) is 17.8 Å². The number of aromatic amines is 1. The number of benzene rings is 1. The smallest absolute Gasteiger partial charge is 0.261 e. The monoisotopic (exact) mass is 399 g/mol. The summed E-state index contributed by atoms with van der Waals surface area (Å²) < 4.78 is 16.3. The molecule has 2 N–H and O–H groups in total. The van der Waals surface area contributed by atoms with Crippen molar-refractivity contribution < 1.29 is 19.0 Å². The quantitative estimate of drug-likeness (QED) is 0.794. The molecular formula is C21H25N3O5. The number of amides is 1. The highest BCUT2D eigenvalue weighted by molar-refractivity contribution is 5.93. The molecule has 1 aromatic heterocycles. The molecule has 1 aromatic carbocycles. The van der Waals surface area contributed by atoms with Crippen LogP contribution in [0.25, 0.3) is 0 Å². The van der Waals surface area contributed by atoms with Crippen LogP contribution in [0.3, 0.4) is 0 Å². The number of pyridine rings is 1. The zero-order valence-corrected chi connectivity index (χ0v) is 16.4. The van der Waals surface area contributed by atoms with E-state index in [0.29, 0.717) is 24.6 Å². The third kappa shape index (κ3) is 4.78. The molecule has 1 atom stereocenters. The first-order valence-corrected chi connectivity index (χ1v) is 9.81. The molecule has 29 heavy (non-hydrogen) atoms. The van der Waals surface area contributed by atoms with Gasteiger partial charge in [-0.15, -0.1) is 0 Å². The number of fused-ring (bicyclic) bond motifs is 1. The standard InChI is InChI=1S/C21H25N3O5/c1-14-11-24(7-2-8-27-14)12-16-4-5-17(21(26)23-16)20(25)22-10-15-3-6-18-19(9-15)29-13-28-18/h3-6,9,14H,2,7-8,10-13H2,1H3,(H,22,25)(H,23,26)/t14-/m0/s1. The van der Waals surface area contributed by atoms with Crippen molar-refractivity contribution in [1.29, 1.82) is 0 Å². The number of nitrogens with zero attached hydrogens (tertiary/aromatic N) is 1. The minimum absolute atomic E-state index is 0.0991. The molecule has 154 valence electrons. The van der Waals surface area contributed by atoms with E-state index in [9.17, 15) is 9.59 Å². The summed E-state index contributed by atoms with van der Waals surface area (Å²) in [6.45, 7) is 5.68. The second-order valence-electron chi connectivity index (χ2n) is 7.37. The van der Waals surface area contributed by atoms with Crippen molar-refractivity contribution in [2.75, 3.05) is 26.5 Å². The maximum atomic E-state index is 12.4. The number of ether oxygens (including phenoxy) is 3. The number of carbonyl (C=O) groups is 1. The van der Waals surface area contributed by atoms with E-state index in [4.69, 9.17) is 14.2 Å². The molecule has 0 radical (unpaired) electrons. The Bertz CT molecular complexity index is 942.